The molecule has 0 saturated heterocycles. The van der Waals surface area contributed by atoms with Gasteiger partial charge in [0.05, 0.1) is 0 Å². The molecule has 0 aliphatic heterocycles. The smallest absolute Gasteiger partial charge is 0.0196 e. The topological polar surface area (TPSA) is 0 Å². The predicted molar refractivity (Wildman–Crippen MR) is 318 cm³/mol. The molecule has 0 bridgehead atoms. The zero-order valence-electron chi connectivity index (χ0n) is 42.3. The minimum Gasteiger partial charge on any atom is -0.0842 e. The Hall–Kier alpha value is -8.84. The second-order valence-corrected chi connectivity index (χ2v) is 22.4. The van der Waals surface area contributed by atoms with E-state index in [9.17, 15) is 0 Å². The number of allylic oxidation sites excluding steroid dienone is 14. The van der Waals surface area contributed by atoms with Gasteiger partial charge in [-0.15, -0.1) is 0 Å². The highest BCUT2D eigenvalue weighted by Crippen LogP contribution is 2.64. The van der Waals surface area contributed by atoms with Gasteiger partial charge in [0.15, 0.2) is 0 Å². The van der Waals surface area contributed by atoms with Gasteiger partial charge in [-0.05, 0) is 253 Å². The summed E-state index contributed by atoms with van der Waals surface area (Å²) >= 11 is 0. The summed E-state index contributed by atoms with van der Waals surface area (Å²) in [6, 6.07) is 71.8. The van der Waals surface area contributed by atoms with Gasteiger partial charge in [-0.25, -0.2) is 0 Å². The lowest BCUT2D eigenvalue weighted by Gasteiger charge is -2.40. The third kappa shape index (κ3) is 6.19. The lowest BCUT2D eigenvalue weighted by molar-refractivity contribution is 0.591. The molecule has 0 heteroatoms. The van der Waals surface area contributed by atoms with Crippen LogP contribution in [0.3, 0.4) is 0 Å². The molecule has 0 N–H and O–H groups in total. The maximum absolute atomic E-state index is 2.70. The molecule has 0 saturated carbocycles. The summed E-state index contributed by atoms with van der Waals surface area (Å²) in [7, 11) is 0. The third-order valence-electron chi connectivity index (χ3n) is 18.4. The van der Waals surface area contributed by atoms with Crippen LogP contribution in [0, 0.1) is 17.8 Å². The molecule has 0 heterocycles. The van der Waals surface area contributed by atoms with Crippen LogP contribution in [0.25, 0.3) is 111 Å². The minimum atomic E-state index is 0.334. The molecular formula is C76H52. The van der Waals surface area contributed by atoms with Crippen LogP contribution < -0.4 is 10.4 Å². The average Bonchev–Trinajstić information content (AvgIpc) is 4.11. The van der Waals surface area contributed by atoms with E-state index >= 15 is 0 Å². The van der Waals surface area contributed by atoms with Crippen molar-refractivity contribution in [1.29, 1.82) is 0 Å². The maximum Gasteiger partial charge on any atom is 0.0196 e. The fraction of sp³-hybridized carbons (Fsp3) is 0.105. The van der Waals surface area contributed by atoms with E-state index < -0.39 is 0 Å². The van der Waals surface area contributed by atoms with Crippen LogP contribution in [0.15, 0.2) is 259 Å². The standard InChI is InChI=1S/C76H52/c1-5-17-45(18-6-1)53-35-54(46-19-7-2-8-20-46)38-57(37-53)70-67-44-64-63(61-30-16-29-60-59-28-14-13-25-51(59)41-65(64)73(60)61)43-66(67)71(58-39-55(47-21-9-3-10-22-47)36-56(40-58)48-23-11-4-12-24-48)76-68-42-52-27-15-26-49-31-32-50-33-34-62(75(70)76)74(68)72(50)69(49)52/h1-12,14-24,26-32,35-40,42-44,49,51,69H,13,25,33-34,41H2. The number of hydrogen-bond donors (Lipinski definition) is 0. The largest absolute Gasteiger partial charge is 0.0842 e. The van der Waals surface area contributed by atoms with Gasteiger partial charge in [0.1, 0.15) is 0 Å². The van der Waals surface area contributed by atoms with Gasteiger partial charge in [0.2, 0.25) is 0 Å². The molecule has 8 aliphatic rings. The van der Waals surface area contributed by atoms with Crippen molar-refractivity contribution < 1.29 is 0 Å². The van der Waals surface area contributed by atoms with E-state index in [1.807, 2.05) is 0 Å². The highest BCUT2D eigenvalue weighted by atomic mass is 14.5. The van der Waals surface area contributed by atoms with Crippen molar-refractivity contribution in [3.63, 3.8) is 0 Å². The van der Waals surface area contributed by atoms with Crippen LogP contribution in [0.4, 0.5) is 0 Å². The molecule has 0 aromatic heterocycles. The normalized spacial score (nSPS) is 19.6. The molecule has 0 fully saturated rings. The molecule has 17 rings (SSSR count). The van der Waals surface area contributed by atoms with Gasteiger partial charge >= 0.3 is 0 Å². The summed E-state index contributed by atoms with van der Waals surface area (Å²) in [5, 5.41) is 5.56. The summed E-state index contributed by atoms with van der Waals surface area (Å²) in [5.74, 6) is 1.22. The van der Waals surface area contributed by atoms with Gasteiger partial charge in [0.25, 0.3) is 0 Å². The number of rotatable bonds is 6. The summed E-state index contributed by atoms with van der Waals surface area (Å²) in [6.07, 6.45) is 25.1. The van der Waals surface area contributed by atoms with Gasteiger partial charge in [-0.3, -0.25) is 0 Å². The lowest BCUT2D eigenvalue weighted by atomic mass is 9.63. The Morgan fingerprint density at radius 1 is 0.434 bits per heavy atom. The average molecular weight is 965 g/mol. The quantitative estimate of drug-likeness (QED) is 0.156. The summed E-state index contributed by atoms with van der Waals surface area (Å²) in [4.78, 5) is 0. The maximum atomic E-state index is 2.70. The van der Waals surface area contributed by atoms with E-state index in [1.165, 1.54) is 161 Å². The SMILES string of the molecule is C1=CC2C=CC3=C4C5=C(CC3)c3c(c(-c6cc(-c7ccccc7)cc(-c7ccccc7)c6)c6cc7c(cc6c3-c3cc(-c6ccccc6)cc(-c6ccccc6)c3)C3=c6c-7cccc6=C6C=CCCC6C3)C5=CC(=C1)C42. The Morgan fingerprint density at radius 2 is 1.01 bits per heavy atom. The molecule has 356 valence electrons. The summed E-state index contributed by atoms with van der Waals surface area (Å²) in [6.45, 7) is 0. The van der Waals surface area contributed by atoms with Crippen LogP contribution in [-0.4, -0.2) is 0 Å². The monoisotopic (exact) mass is 964 g/mol. The van der Waals surface area contributed by atoms with E-state index in [0.717, 1.165) is 25.7 Å². The predicted octanol–water partition coefficient (Wildman–Crippen LogP) is 18.1. The number of fused-ring (bicyclic) bond motifs is 8. The van der Waals surface area contributed by atoms with Crippen LogP contribution in [-0.2, 0) is 0 Å². The molecular weight excluding hydrogens is 913 g/mol. The molecule has 0 nitrogen and oxygen atoms in total. The van der Waals surface area contributed by atoms with E-state index in [-0.39, 0.29) is 0 Å². The lowest BCUT2D eigenvalue weighted by Crippen LogP contribution is -2.35. The molecule has 0 amide bonds. The Labute approximate surface area is 444 Å². The van der Waals surface area contributed by atoms with E-state index in [4.69, 9.17) is 0 Å². The van der Waals surface area contributed by atoms with Crippen LogP contribution in [0.2, 0.25) is 0 Å². The highest BCUT2D eigenvalue weighted by Gasteiger charge is 2.46. The van der Waals surface area contributed by atoms with E-state index in [2.05, 4.69) is 237 Å². The molecule has 76 heavy (non-hydrogen) atoms. The van der Waals surface area contributed by atoms with Crippen molar-refractivity contribution in [2.45, 2.75) is 32.1 Å². The molecule has 9 aromatic rings. The van der Waals surface area contributed by atoms with Crippen LogP contribution >= 0.6 is 0 Å². The Bertz CT molecular complexity index is 4310. The summed E-state index contributed by atoms with van der Waals surface area (Å²) < 4.78 is 0. The minimum absolute atomic E-state index is 0.334. The number of benzene rings is 9. The van der Waals surface area contributed by atoms with Gasteiger partial charge in [0, 0.05) is 11.8 Å². The zero-order chi connectivity index (χ0) is 49.6. The van der Waals surface area contributed by atoms with Gasteiger partial charge in [-0.1, -0.05) is 182 Å². The summed E-state index contributed by atoms with van der Waals surface area (Å²) in [5.41, 5.74) is 34.1. The first-order valence-corrected chi connectivity index (χ1v) is 27.7. The molecule has 9 aromatic carbocycles. The fourth-order valence-corrected chi connectivity index (χ4v) is 15.2. The molecule has 8 aliphatic carbocycles. The zero-order valence-corrected chi connectivity index (χ0v) is 42.3. The van der Waals surface area contributed by atoms with Gasteiger partial charge < -0.3 is 0 Å². The first-order chi connectivity index (χ1) is 37.7. The van der Waals surface area contributed by atoms with Crippen molar-refractivity contribution in [3.8, 4) is 77.9 Å². The first-order valence-electron chi connectivity index (χ1n) is 27.7. The van der Waals surface area contributed by atoms with Crippen molar-refractivity contribution >= 4 is 33.1 Å². The highest BCUT2D eigenvalue weighted by molar-refractivity contribution is 6.23. The van der Waals surface area contributed by atoms with Crippen molar-refractivity contribution in [2.75, 3.05) is 0 Å². The first kappa shape index (κ1) is 42.5. The molecule has 3 atom stereocenters. The van der Waals surface area contributed by atoms with Crippen molar-refractivity contribution in [3.05, 3.63) is 286 Å². The Balaban J connectivity index is 1.07. The second-order valence-electron chi connectivity index (χ2n) is 22.4. The second kappa shape index (κ2) is 16.3. The molecule has 0 spiro atoms. The third-order valence-corrected chi connectivity index (χ3v) is 18.4. The number of hydrogen-bond acceptors (Lipinski definition) is 0. The van der Waals surface area contributed by atoms with E-state index in [0.29, 0.717) is 17.8 Å². The fourth-order valence-electron chi connectivity index (χ4n) is 15.2. The van der Waals surface area contributed by atoms with Crippen LogP contribution in [0.5, 0.6) is 0 Å². The molecule has 3 unspecified atom stereocenters. The van der Waals surface area contributed by atoms with Crippen molar-refractivity contribution in [2.24, 2.45) is 17.8 Å². The Morgan fingerprint density at radius 3 is 1.63 bits per heavy atom. The van der Waals surface area contributed by atoms with E-state index in [1.54, 1.807) is 5.57 Å². The van der Waals surface area contributed by atoms with Crippen molar-refractivity contribution in [1.82, 2.24) is 0 Å². The van der Waals surface area contributed by atoms with Gasteiger partial charge in [-0.2, -0.15) is 0 Å². The molecule has 0 radical (unpaired) electrons. The van der Waals surface area contributed by atoms with Crippen LogP contribution in [0.1, 0.15) is 48.8 Å². The Kier molecular flexibility index (Phi) is 9.13.